The molecule has 0 aliphatic carbocycles. The molecule has 1 aliphatic rings. The highest BCUT2D eigenvalue weighted by Gasteiger charge is 2.18. The van der Waals surface area contributed by atoms with Crippen LogP contribution < -0.4 is 5.73 Å². The summed E-state index contributed by atoms with van der Waals surface area (Å²) in [5, 5.41) is 18.0. The number of aliphatic hydroxyl groups excluding tert-OH is 2. The van der Waals surface area contributed by atoms with E-state index in [2.05, 4.69) is 4.90 Å². The lowest BCUT2D eigenvalue weighted by atomic mass is 10.1. The van der Waals surface area contributed by atoms with Crippen molar-refractivity contribution in [2.24, 2.45) is 5.73 Å². The summed E-state index contributed by atoms with van der Waals surface area (Å²) in [6.07, 6.45) is 1.72. The van der Waals surface area contributed by atoms with Gasteiger partial charge >= 0.3 is 0 Å². The van der Waals surface area contributed by atoms with Crippen LogP contribution in [0.25, 0.3) is 0 Å². The minimum atomic E-state index is -0.204. The Hall–Kier alpha value is -0.160. The van der Waals surface area contributed by atoms with Gasteiger partial charge in [0.1, 0.15) is 0 Å². The summed E-state index contributed by atoms with van der Waals surface area (Å²) in [5.41, 5.74) is 5.58. The fraction of sp³-hybridized carbons (Fsp3) is 1.00. The lowest BCUT2D eigenvalue weighted by Crippen LogP contribution is -2.45. The predicted molar refractivity (Wildman–Crippen MR) is 46.7 cm³/mol. The molecule has 1 saturated heterocycles. The van der Waals surface area contributed by atoms with Crippen molar-refractivity contribution in [1.82, 2.24) is 4.90 Å². The van der Waals surface area contributed by atoms with Crippen molar-refractivity contribution < 1.29 is 10.2 Å². The third kappa shape index (κ3) is 3.06. The SMILES string of the molecule is NC(CO)CN1CCCC(O)C1. The van der Waals surface area contributed by atoms with Gasteiger partial charge in [0, 0.05) is 19.1 Å². The van der Waals surface area contributed by atoms with E-state index in [-0.39, 0.29) is 18.8 Å². The van der Waals surface area contributed by atoms with Crippen LogP contribution in [0.1, 0.15) is 12.8 Å². The van der Waals surface area contributed by atoms with E-state index in [0.29, 0.717) is 13.1 Å². The first-order valence-corrected chi connectivity index (χ1v) is 4.49. The first-order valence-electron chi connectivity index (χ1n) is 4.49. The molecule has 1 aliphatic heterocycles. The molecular formula is C8H18N2O2. The Bertz CT molecular complexity index is 132. The highest BCUT2D eigenvalue weighted by molar-refractivity contribution is 4.75. The van der Waals surface area contributed by atoms with Crippen LogP contribution in [0.15, 0.2) is 0 Å². The van der Waals surface area contributed by atoms with E-state index in [1.165, 1.54) is 0 Å². The van der Waals surface area contributed by atoms with E-state index in [0.717, 1.165) is 19.4 Å². The minimum absolute atomic E-state index is 0.0204. The summed E-state index contributed by atoms with van der Waals surface area (Å²) in [4.78, 5) is 2.11. The van der Waals surface area contributed by atoms with Crippen LogP contribution in [0, 0.1) is 0 Å². The molecule has 0 saturated carbocycles. The zero-order chi connectivity index (χ0) is 8.97. The molecule has 1 rings (SSSR count). The average Bonchev–Trinajstić information content (AvgIpc) is 2.04. The fourth-order valence-corrected chi connectivity index (χ4v) is 1.59. The first kappa shape index (κ1) is 9.92. The molecule has 2 unspecified atom stereocenters. The van der Waals surface area contributed by atoms with Crippen LogP contribution in [0.4, 0.5) is 0 Å². The maximum absolute atomic E-state index is 9.32. The number of nitrogens with zero attached hydrogens (tertiary/aromatic N) is 1. The molecule has 1 fully saturated rings. The van der Waals surface area contributed by atoms with Crippen LogP contribution in [-0.4, -0.2) is 53.5 Å². The van der Waals surface area contributed by atoms with E-state index in [1.807, 2.05) is 0 Å². The monoisotopic (exact) mass is 174 g/mol. The van der Waals surface area contributed by atoms with Gasteiger partial charge in [0.15, 0.2) is 0 Å². The number of nitrogens with two attached hydrogens (primary N) is 1. The normalized spacial score (nSPS) is 28.8. The van der Waals surface area contributed by atoms with E-state index in [9.17, 15) is 5.11 Å². The highest BCUT2D eigenvalue weighted by atomic mass is 16.3. The molecule has 0 radical (unpaired) electrons. The fourth-order valence-electron chi connectivity index (χ4n) is 1.59. The Morgan fingerprint density at radius 1 is 1.58 bits per heavy atom. The van der Waals surface area contributed by atoms with Crippen LogP contribution in [0.5, 0.6) is 0 Å². The van der Waals surface area contributed by atoms with Crippen molar-refractivity contribution in [3.05, 3.63) is 0 Å². The number of hydrogen-bond donors (Lipinski definition) is 3. The van der Waals surface area contributed by atoms with Crippen molar-refractivity contribution in [2.75, 3.05) is 26.2 Å². The Kier molecular flexibility index (Phi) is 3.94. The molecule has 72 valence electrons. The Labute approximate surface area is 73.0 Å². The maximum Gasteiger partial charge on any atom is 0.0667 e. The molecule has 4 heteroatoms. The zero-order valence-corrected chi connectivity index (χ0v) is 7.32. The second-order valence-electron chi connectivity index (χ2n) is 3.50. The van der Waals surface area contributed by atoms with Gasteiger partial charge in [-0.25, -0.2) is 0 Å². The number of β-amino-alcohol motifs (C(OH)–C–C–N with tert-alkyl or cyclic N) is 1. The summed E-state index contributed by atoms with van der Waals surface area (Å²) in [6, 6.07) is -0.171. The molecule has 12 heavy (non-hydrogen) atoms. The summed E-state index contributed by atoms with van der Waals surface area (Å²) in [5.74, 6) is 0. The molecule has 0 aromatic rings. The maximum atomic E-state index is 9.32. The molecule has 0 aromatic heterocycles. The van der Waals surface area contributed by atoms with Crippen molar-refractivity contribution in [2.45, 2.75) is 25.0 Å². The van der Waals surface area contributed by atoms with Gasteiger partial charge in [-0.05, 0) is 19.4 Å². The van der Waals surface area contributed by atoms with Gasteiger partial charge in [-0.1, -0.05) is 0 Å². The van der Waals surface area contributed by atoms with Gasteiger partial charge in [-0.15, -0.1) is 0 Å². The van der Waals surface area contributed by atoms with Crippen molar-refractivity contribution in [3.63, 3.8) is 0 Å². The summed E-state index contributed by atoms with van der Waals surface area (Å²) < 4.78 is 0. The second-order valence-corrected chi connectivity index (χ2v) is 3.50. The molecule has 4 N–H and O–H groups in total. The van der Waals surface area contributed by atoms with Crippen molar-refractivity contribution in [1.29, 1.82) is 0 Å². The van der Waals surface area contributed by atoms with E-state index in [4.69, 9.17) is 10.8 Å². The quantitative estimate of drug-likeness (QED) is 0.501. The lowest BCUT2D eigenvalue weighted by molar-refractivity contribution is 0.0635. The van der Waals surface area contributed by atoms with Gasteiger partial charge in [-0.2, -0.15) is 0 Å². The van der Waals surface area contributed by atoms with E-state index in [1.54, 1.807) is 0 Å². The third-order valence-electron chi connectivity index (χ3n) is 2.21. The number of piperidine rings is 1. The first-order chi connectivity index (χ1) is 5.72. The molecule has 0 amide bonds. The lowest BCUT2D eigenvalue weighted by Gasteiger charge is -2.31. The molecule has 0 bridgehead atoms. The van der Waals surface area contributed by atoms with Gasteiger partial charge in [0.05, 0.1) is 12.7 Å². The van der Waals surface area contributed by atoms with E-state index >= 15 is 0 Å². The molecule has 2 atom stereocenters. The molecule has 4 nitrogen and oxygen atoms in total. The average molecular weight is 174 g/mol. The van der Waals surface area contributed by atoms with Gasteiger partial charge in [0.2, 0.25) is 0 Å². The van der Waals surface area contributed by atoms with Crippen molar-refractivity contribution >= 4 is 0 Å². The van der Waals surface area contributed by atoms with Gasteiger partial charge in [-0.3, -0.25) is 4.90 Å². The van der Waals surface area contributed by atoms with Crippen LogP contribution >= 0.6 is 0 Å². The van der Waals surface area contributed by atoms with Crippen molar-refractivity contribution in [3.8, 4) is 0 Å². The standard InChI is InChI=1S/C8H18N2O2/c9-7(6-11)4-10-3-1-2-8(12)5-10/h7-8,11-12H,1-6,9H2. The number of rotatable bonds is 3. The van der Waals surface area contributed by atoms with Crippen LogP contribution in [-0.2, 0) is 0 Å². The second kappa shape index (κ2) is 4.77. The number of hydrogen-bond acceptors (Lipinski definition) is 4. The smallest absolute Gasteiger partial charge is 0.0667 e. The van der Waals surface area contributed by atoms with Crippen LogP contribution in [0.2, 0.25) is 0 Å². The van der Waals surface area contributed by atoms with Gasteiger partial charge in [0.25, 0.3) is 0 Å². The number of aliphatic hydroxyl groups is 2. The van der Waals surface area contributed by atoms with Gasteiger partial charge < -0.3 is 15.9 Å². The predicted octanol–water partition coefficient (Wildman–Crippen LogP) is -1.24. The molecule has 0 spiro atoms. The summed E-state index contributed by atoms with van der Waals surface area (Å²) in [7, 11) is 0. The Balaban J connectivity index is 2.22. The molecular weight excluding hydrogens is 156 g/mol. The zero-order valence-electron chi connectivity index (χ0n) is 7.32. The summed E-state index contributed by atoms with van der Waals surface area (Å²) >= 11 is 0. The number of likely N-dealkylation sites (tertiary alicyclic amines) is 1. The highest BCUT2D eigenvalue weighted by Crippen LogP contribution is 2.09. The van der Waals surface area contributed by atoms with Crippen LogP contribution in [0.3, 0.4) is 0 Å². The molecule has 1 heterocycles. The largest absolute Gasteiger partial charge is 0.395 e. The summed E-state index contributed by atoms with van der Waals surface area (Å²) in [6.45, 7) is 2.40. The van der Waals surface area contributed by atoms with E-state index < -0.39 is 0 Å². The topological polar surface area (TPSA) is 69.7 Å². The Morgan fingerprint density at radius 2 is 2.33 bits per heavy atom. The third-order valence-corrected chi connectivity index (χ3v) is 2.21. The minimum Gasteiger partial charge on any atom is -0.395 e. The Morgan fingerprint density at radius 3 is 2.92 bits per heavy atom. The molecule has 0 aromatic carbocycles.